The van der Waals surface area contributed by atoms with E-state index in [1.807, 2.05) is 43.3 Å². The average molecular weight is 399 g/mol. The van der Waals surface area contributed by atoms with Gasteiger partial charge in [-0.1, -0.05) is 83.9 Å². The molecule has 0 spiro atoms. The second-order valence-electron chi connectivity index (χ2n) is 7.02. The van der Waals surface area contributed by atoms with Crippen LogP contribution in [0.1, 0.15) is 16.7 Å². The summed E-state index contributed by atoms with van der Waals surface area (Å²) >= 11 is 13.5. The van der Waals surface area contributed by atoms with Crippen molar-refractivity contribution in [3.8, 4) is 0 Å². The first-order valence-electron chi connectivity index (χ1n) is 8.84. The van der Waals surface area contributed by atoms with Crippen LogP contribution >= 0.6 is 23.2 Å². The van der Waals surface area contributed by atoms with Gasteiger partial charge in [-0.15, -0.1) is 0 Å². The second-order valence-corrected chi connectivity index (χ2v) is 7.83. The predicted octanol–water partition coefficient (Wildman–Crippen LogP) is 5.91. The van der Waals surface area contributed by atoms with Crippen molar-refractivity contribution >= 4 is 28.9 Å². The highest BCUT2D eigenvalue weighted by molar-refractivity contribution is 6.36. The Hall–Kier alpha value is -2.00. The van der Waals surface area contributed by atoms with Gasteiger partial charge in [0.2, 0.25) is 0 Å². The van der Waals surface area contributed by atoms with Crippen LogP contribution in [-0.4, -0.2) is 33.1 Å². The van der Waals surface area contributed by atoms with E-state index < -0.39 is 5.54 Å². The summed E-state index contributed by atoms with van der Waals surface area (Å²) in [6, 6.07) is 24.7. The summed E-state index contributed by atoms with van der Waals surface area (Å²) in [4.78, 5) is 4.20. The fraction of sp³-hybridized carbons (Fsp3) is 0.217. The molecule has 0 aliphatic rings. The van der Waals surface area contributed by atoms with E-state index >= 15 is 0 Å². The molecule has 0 bridgehead atoms. The third-order valence-electron chi connectivity index (χ3n) is 4.94. The van der Waals surface area contributed by atoms with Crippen LogP contribution in [0.25, 0.3) is 0 Å². The molecule has 0 fully saturated rings. The fourth-order valence-electron chi connectivity index (χ4n) is 3.76. The highest BCUT2D eigenvalue weighted by Gasteiger charge is 2.41. The van der Waals surface area contributed by atoms with Crippen LogP contribution in [0.2, 0.25) is 10.0 Å². The molecule has 0 N–H and O–H groups in total. The lowest BCUT2D eigenvalue weighted by atomic mass is 9.76. The summed E-state index contributed by atoms with van der Waals surface area (Å²) in [7, 11) is 8.10. The molecule has 3 rings (SSSR count). The summed E-state index contributed by atoms with van der Waals surface area (Å²) in [5.41, 5.74) is 3.56. The number of hydrogen-bond acceptors (Lipinski definition) is 2. The topological polar surface area (TPSA) is 6.48 Å². The van der Waals surface area contributed by atoms with Gasteiger partial charge in [0.1, 0.15) is 0 Å². The van der Waals surface area contributed by atoms with Crippen molar-refractivity contribution in [3.63, 3.8) is 0 Å². The van der Waals surface area contributed by atoms with Crippen LogP contribution in [-0.2, 0) is 5.54 Å². The number of halogens is 2. The normalized spacial score (nSPS) is 11.7. The van der Waals surface area contributed by atoms with Crippen LogP contribution in [0.3, 0.4) is 0 Å². The van der Waals surface area contributed by atoms with Gasteiger partial charge < -0.3 is 4.90 Å². The van der Waals surface area contributed by atoms with E-state index in [1.54, 1.807) is 0 Å². The van der Waals surface area contributed by atoms with Gasteiger partial charge in [-0.05, 0) is 37.4 Å². The van der Waals surface area contributed by atoms with E-state index in [1.165, 1.54) is 0 Å². The smallest absolute Gasteiger partial charge is 0.0983 e. The largest absolute Gasteiger partial charge is 0.376 e. The zero-order chi connectivity index (χ0) is 19.6. The van der Waals surface area contributed by atoms with Crippen LogP contribution in [0.15, 0.2) is 72.8 Å². The first-order chi connectivity index (χ1) is 12.9. The Balaban J connectivity index is 2.46. The summed E-state index contributed by atoms with van der Waals surface area (Å²) < 4.78 is 0. The van der Waals surface area contributed by atoms with Gasteiger partial charge in [-0.2, -0.15) is 0 Å². The Kier molecular flexibility index (Phi) is 5.81. The zero-order valence-electron chi connectivity index (χ0n) is 16.1. The second kappa shape index (κ2) is 7.93. The molecule has 0 saturated carbocycles. The number of anilines is 1. The van der Waals surface area contributed by atoms with Gasteiger partial charge in [0.15, 0.2) is 0 Å². The minimum atomic E-state index is -0.574. The molecular formula is C23H24Cl2N2. The van der Waals surface area contributed by atoms with Crippen LogP contribution in [0, 0.1) is 0 Å². The monoisotopic (exact) mass is 398 g/mol. The molecule has 0 aromatic heterocycles. The van der Waals surface area contributed by atoms with Crippen molar-refractivity contribution in [2.45, 2.75) is 5.54 Å². The van der Waals surface area contributed by atoms with E-state index in [0.29, 0.717) is 10.0 Å². The van der Waals surface area contributed by atoms with E-state index in [0.717, 1.165) is 22.4 Å². The standard InChI is InChI=1S/C23H24Cl2N2/c1-26(2)21-16-19(24)15-20(22(21)25)23(27(3)4,17-11-7-5-8-12-17)18-13-9-6-10-14-18/h5-16H,1-4H3. The molecule has 4 heteroatoms. The molecule has 27 heavy (non-hydrogen) atoms. The maximum absolute atomic E-state index is 6.98. The summed E-state index contributed by atoms with van der Waals surface area (Å²) in [5, 5.41) is 1.36. The van der Waals surface area contributed by atoms with Crippen molar-refractivity contribution in [1.82, 2.24) is 4.90 Å². The maximum Gasteiger partial charge on any atom is 0.0983 e. The fourth-order valence-corrected chi connectivity index (χ4v) is 4.38. The van der Waals surface area contributed by atoms with E-state index in [2.05, 4.69) is 67.5 Å². The molecule has 0 unspecified atom stereocenters. The highest BCUT2D eigenvalue weighted by atomic mass is 35.5. The molecule has 0 atom stereocenters. The number of benzene rings is 3. The molecule has 0 saturated heterocycles. The Labute approximate surface area is 171 Å². The van der Waals surface area contributed by atoms with Crippen LogP contribution in [0.4, 0.5) is 5.69 Å². The predicted molar refractivity (Wildman–Crippen MR) is 117 cm³/mol. The van der Waals surface area contributed by atoms with Gasteiger partial charge in [0, 0.05) is 24.7 Å². The molecule has 2 nitrogen and oxygen atoms in total. The average Bonchev–Trinajstić information content (AvgIpc) is 2.66. The third kappa shape index (κ3) is 3.45. The van der Waals surface area contributed by atoms with Gasteiger partial charge in [-0.3, -0.25) is 4.90 Å². The number of rotatable bonds is 5. The van der Waals surface area contributed by atoms with Crippen molar-refractivity contribution in [2.24, 2.45) is 0 Å². The lowest BCUT2D eigenvalue weighted by molar-refractivity contribution is 0.247. The van der Waals surface area contributed by atoms with Crippen molar-refractivity contribution in [3.05, 3.63) is 99.5 Å². The Morgan fingerprint density at radius 2 is 1.19 bits per heavy atom. The molecule has 3 aromatic rings. The highest BCUT2D eigenvalue weighted by Crippen LogP contribution is 2.47. The first-order valence-corrected chi connectivity index (χ1v) is 9.60. The van der Waals surface area contributed by atoms with Crippen LogP contribution in [0.5, 0.6) is 0 Å². The lowest BCUT2D eigenvalue weighted by Crippen LogP contribution is -2.44. The maximum atomic E-state index is 6.98. The number of nitrogens with zero attached hydrogens (tertiary/aromatic N) is 2. The molecule has 3 aromatic carbocycles. The molecule has 0 aliphatic carbocycles. The van der Waals surface area contributed by atoms with Gasteiger partial charge in [0.05, 0.1) is 16.2 Å². The quantitative estimate of drug-likeness (QED) is 0.492. The third-order valence-corrected chi connectivity index (χ3v) is 5.56. The zero-order valence-corrected chi connectivity index (χ0v) is 17.6. The van der Waals surface area contributed by atoms with E-state index in [9.17, 15) is 0 Å². The number of hydrogen-bond donors (Lipinski definition) is 0. The Bertz CT molecular complexity index is 867. The van der Waals surface area contributed by atoms with E-state index in [-0.39, 0.29) is 0 Å². The van der Waals surface area contributed by atoms with Gasteiger partial charge in [-0.25, -0.2) is 0 Å². The van der Waals surface area contributed by atoms with Crippen molar-refractivity contribution in [1.29, 1.82) is 0 Å². The Morgan fingerprint density at radius 3 is 1.59 bits per heavy atom. The minimum absolute atomic E-state index is 0.574. The molecule has 0 heterocycles. The molecular weight excluding hydrogens is 375 g/mol. The van der Waals surface area contributed by atoms with Crippen LogP contribution < -0.4 is 4.90 Å². The molecule has 140 valence electrons. The SMILES string of the molecule is CN(C)c1cc(Cl)cc(C(c2ccccc2)(c2ccccc2)N(C)C)c1Cl. The molecule has 0 amide bonds. The Morgan fingerprint density at radius 1 is 0.704 bits per heavy atom. The minimum Gasteiger partial charge on any atom is -0.376 e. The van der Waals surface area contributed by atoms with E-state index in [4.69, 9.17) is 23.2 Å². The van der Waals surface area contributed by atoms with Crippen molar-refractivity contribution < 1.29 is 0 Å². The molecule has 0 radical (unpaired) electrons. The first kappa shape index (κ1) is 19.8. The van der Waals surface area contributed by atoms with Crippen molar-refractivity contribution in [2.75, 3.05) is 33.1 Å². The summed E-state index contributed by atoms with van der Waals surface area (Å²) in [6.07, 6.45) is 0. The summed E-state index contributed by atoms with van der Waals surface area (Å²) in [6.45, 7) is 0. The summed E-state index contributed by atoms with van der Waals surface area (Å²) in [5.74, 6) is 0. The van der Waals surface area contributed by atoms with Gasteiger partial charge >= 0.3 is 0 Å². The lowest BCUT2D eigenvalue weighted by Gasteiger charge is -2.42. The molecule has 0 aliphatic heterocycles. The van der Waals surface area contributed by atoms with Gasteiger partial charge in [0.25, 0.3) is 0 Å².